The number of hydrogen-bond acceptors (Lipinski definition) is 3. The second-order valence-corrected chi connectivity index (χ2v) is 6.34. The predicted octanol–water partition coefficient (Wildman–Crippen LogP) is 2.71. The molecule has 2 rings (SSSR count). The maximum absolute atomic E-state index is 12.2. The SMILES string of the molecule is CCCCCC[C@@H]1CC(=O)N(CN2CCCCC2)C(=O)N1. The number of urea groups is 1. The van der Waals surface area contributed by atoms with Crippen molar-refractivity contribution in [1.82, 2.24) is 15.1 Å². The normalized spacial score (nSPS) is 24.2. The van der Waals surface area contributed by atoms with Gasteiger partial charge in [-0.15, -0.1) is 0 Å². The van der Waals surface area contributed by atoms with Crippen LogP contribution in [0.1, 0.15) is 64.7 Å². The van der Waals surface area contributed by atoms with E-state index in [2.05, 4.69) is 17.1 Å². The van der Waals surface area contributed by atoms with Gasteiger partial charge in [0.05, 0.1) is 6.67 Å². The summed E-state index contributed by atoms with van der Waals surface area (Å²) in [5.41, 5.74) is 0. The molecule has 1 N–H and O–H groups in total. The van der Waals surface area contributed by atoms with Gasteiger partial charge in [0, 0.05) is 12.5 Å². The molecule has 5 heteroatoms. The summed E-state index contributed by atoms with van der Waals surface area (Å²) >= 11 is 0. The molecule has 21 heavy (non-hydrogen) atoms. The molecular weight excluding hydrogens is 266 g/mol. The van der Waals surface area contributed by atoms with E-state index in [1.807, 2.05) is 0 Å². The number of likely N-dealkylation sites (tertiary alicyclic amines) is 1. The van der Waals surface area contributed by atoms with Crippen LogP contribution in [0, 0.1) is 0 Å². The van der Waals surface area contributed by atoms with Crippen molar-refractivity contribution >= 4 is 11.9 Å². The Hall–Kier alpha value is -1.10. The van der Waals surface area contributed by atoms with Crippen LogP contribution in [0.5, 0.6) is 0 Å². The quantitative estimate of drug-likeness (QED) is 0.735. The zero-order valence-corrected chi connectivity index (χ0v) is 13.3. The number of carbonyl (C=O) groups is 2. The van der Waals surface area contributed by atoms with Crippen LogP contribution in [-0.2, 0) is 4.79 Å². The van der Waals surface area contributed by atoms with E-state index in [1.54, 1.807) is 0 Å². The number of amides is 3. The largest absolute Gasteiger partial charge is 0.334 e. The van der Waals surface area contributed by atoms with Crippen LogP contribution in [-0.4, -0.2) is 47.5 Å². The van der Waals surface area contributed by atoms with E-state index in [0.29, 0.717) is 13.1 Å². The lowest BCUT2D eigenvalue weighted by atomic mass is 10.0. The van der Waals surface area contributed by atoms with E-state index in [0.717, 1.165) is 25.9 Å². The Balaban J connectivity index is 1.76. The van der Waals surface area contributed by atoms with Gasteiger partial charge in [-0.3, -0.25) is 14.6 Å². The molecule has 0 aromatic heterocycles. The van der Waals surface area contributed by atoms with Crippen LogP contribution >= 0.6 is 0 Å². The number of imide groups is 1. The Labute approximate surface area is 128 Å². The zero-order valence-electron chi connectivity index (χ0n) is 13.3. The van der Waals surface area contributed by atoms with E-state index >= 15 is 0 Å². The van der Waals surface area contributed by atoms with Gasteiger partial charge in [0.2, 0.25) is 5.91 Å². The molecule has 0 unspecified atom stereocenters. The molecule has 2 fully saturated rings. The lowest BCUT2D eigenvalue weighted by Gasteiger charge is -2.36. The fourth-order valence-corrected chi connectivity index (χ4v) is 3.17. The average Bonchev–Trinajstić information content (AvgIpc) is 2.48. The fourth-order valence-electron chi connectivity index (χ4n) is 3.17. The third kappa shape index (κ3) is 4.99. The highest BCUT2D eigenvalue weighted by Gasteiger charge is 2.32. The first-order valence-electron chi connectivity index (χ1n) is 8.54. The van der Waals surface area contributed by atoms with Gasteiger partial charge in [-0.2, -0.15) is 0 Å². The van der Waals surface area contributed by atoms with Gasteiger partial charge >= 0.3 is 6.03 Å². The summed E-state index contributed by atoms with van der Waals surface area (Å²) in [6.07, 6.45) is 9.71. The Morgan fingerprint density at radius 1 is 1.10 bits per heavy atom. The summed E-state index contributed by atoms with van der Waals surface area (Å²) in [4.78, 5) is 28.0. The van der Waals surface area contributed by atoms with E-state index in [1.165, 1.54) is 43.4 Å². The molecule has 0 aromatic rings. The molecule has 2 saturated heterocycles. The zero-order chi connectivity index (χ0) is 15.1. The Bertz CT molecular complexity index is 335. The molecule has 2 aliphatic heterocycles. The fraction of sp³-hybridized carbons (Fsp3) is 0.875. The van der Waals surface area contributed by atoms with Crippen molar-refractivity contribution < 1.29 is 9.59 Å². The Morgan fingerprint density at radius 3 is 2.52 bits per heavy atom. The number of hydrogen-bond donors (Lipinski definition) is 1. The van der Waals surface area contributed by atoms with Crippen LogP contribution in [0.4, 0.5) is 4.79 Å². The average molecular weight is 295 g/mol. The van der Waals surface area contributed by atoms with Crippen LogP contribution in [0.2, 0.25) is 0 Å². The minimum absolute atomic E-state index is 0.00943. The van der Waals surface area contributed by atoms with Crippen molar-refractivity contribution in [2.45, 2.75) is 70.8 Å². The highest BCUT2D eigenvalue weighted by atomic mass is 16.2. The molecule has 120 valence electrons. The maximum Gasteiger partial charge on any atom is 0.325 e. The molecule has 0 aromatic carbocycles. The number of nitrogens with one attached hydrogen (secondary N) is 1. The molecule has 5 nitrogen and oxygen atoms in total. The third-order valence-electron chi connectivity index (χ3n) is 4.49. The van der Waals surface area contributed by atoms with Gasteiger partial charge < -0.3 is 5.32 Å². The number of nitrogens with zero attached hydrogens (tertiary/aromatic N) is 2. The third-order valence-corrected chi connectivity index (χ3v) is 4.49. The molecule has 0 aliphatic carbocycles. The number of rotatable bonds is 7. The topological polar surface area (TPSA) is 52.7 Å². The van der Waals surface area contributed by atoms with Gasteiger partial charge in [0.15, 0.2) is 0 Å². The van der Waals surface area contributed by atoms with Crippen LogP contribution in [0.25, 0.3) is 0 Å². The molecular formula is C16H29N3O2. The van der Waals surface area contributed by atoms with Crippen LogP contribution in [0.15, 0.2) is 0 Å². The monoisotopic (exact) mass is 295 g/mol. The summed E-state index contributed by atoms with van der Waals surface area (Å²) in [7, 11) is 0. The molecule has 0 spiro atoms. The highest BCUT2D eigenvalue weighted by Crippen LogP contribution is 2.16. The lowest BCUT2D eigenvalue weighted by Crippen LogP contribution is -2.57. The van der Waals surface area contributed by atoms with E-state index in [-0.39, 0.29) is 18.0 Å². The Kier molecular flexibility index (Phi) is 6.49. The minimum atomic E-state index is -0.197. The van der Waals surface area contributed by atoms with Gasteiger partial charge in [0.25, 0.3) is 0 Å². The van der Waals surface area contributed by atoms with Crippen molar-refractivity contribution in [1.29, 1.82) is 0 Å². The first-order chi connectivity index (χ1) is 10.2. The van der Waals surface area contributed by atoms with Crippen molar-refractivity contribution in [2.24, 2.45) is 0 Å². The van der Waals surface area contributed by atoms with Crippen LogP contribution in [0.3, 0.4) is 0 Å². The van der Waals surface area contributed by atoms with Crippen molar-refractivity contribution in [2.75, 3.05) is 19.8 Å². The summed E-state index contributed by atoms with van der Waals surface area (Å²) in [5.74, 6) is -0.00943. The number of carbonyl (C=O) groups excluding carboxylic acids is 2. The summed E-state index contributed by atoms with van der Waals surface area (Å²) < 4.78 is 0. The Morgan fingerprint density at radius 2 is 1.86 bits per heavy atom. The minimum Gasteiger partial charge on any atom is -0.334 e. The number of piperidine rings is 1. The first kappa shape index (κ1) is 16.3. The summed E-state index contributed by atoms with van der Waals surface area (Å²) in [6.45, 7) is 4.65. The van der Waals surface area contributed by atoms with E-state index < -0.39 is 0 Å². The highest BCUT2D eigenvalue weighted by molar-refractivity contribution is 5.97. The van der Waals surface area contributed by atoms with Crippen molar-refractivity contribution in [3.05, 3.63) is 0 Å². The summed E-state index contributed by atoms with van der Waals surface area (Å²) in [6, 6.07) is -0.156. The van der Waals surface area contributed by atoms with Crippen LogP contribution < -0.4 is 5.32 Å². The van der Waals surface area contributed by atoms with Gasteiger partial charge in [-0.25, -0.2) is 4.79 Å². The van der Waals surface area contributed by atoms with Gasteiger partial charge in [-0.1, -0.05) is 39.0 Å². The lowest BCUT2D eigenvalue weighted by molar-refractivity contribution is -0.132. The molecule has 1 atom stereocenters. The van der Waals surface area contributed by atoms with Gasteiger partial charge in [0.1, 0.15) is 0 Å². The van der Waals surface area contributed by atoms with E-state index in [9.17, 15) is 9.59 Å². The first-order valence-corrected chi connectivity index (χ1v) is 8.54. The number of unbranched alkanes of at least 4 members (excludes halogenated alkanes) is 3. The molecule has 0 bridgehead atoms. The second kappa shape index (κ2) is 8.37. The van der Waals surface area contributed by atoms with Crippen molar-refractivity contribution in [3.63, 3.8) is 0 Å². The van der Waals surface area contributed by atoms with E-state index in [4.69, 9.17) is 0 Å². The van der Waals surface area contributed by atoms with Gasteiger partial charge in [-0.05, 0) is 32.4 Å². The molecule has 2 heterocycles. The molecule has 0 saturated carbocycles. The molecule has 3 amide bonds. The maximum atomic E-state index is 12.2. The summed E-state index contributed by atoms with van der Waals surface area (Å²) in [5, 5.41) is 3.00. The standard InChI is InChI=1S/C16H29N3O2/c1-2-3-4-6-9-14-12-15(20)19(16(21)17-14)13-18-10-7-5-8-11-18/h14H,2-13H2,1H3,(H,17,21)/t14-/m1/s1. The smallest absolute Gasteiger partial charge is 0.325 e. The molecule has 0 radical (unpaired) electrons. The second-order valence-electron chi connectivity index (χ2n) is 6.34. The van der Waals surface area contributed by atoms with Crippen molar-refractivity contribution in [3.8, 4) is 0 Å². The molecule has 2 aliphatic rings. The predicted molar refractivity (Wildman–Crippen MR) is 82.8 cm³/mol.